The number of anilines is 1. The SMILES string of the molecule is COc1ccc(Cl)cc1NC(=O)C(=O)N/N=C\c1ccc(OCc2ccccc2)cc1. The molecule has 0 aliphatic carbocycles. The third-order valence-electron chi connectivity index (χ3n) is 4.12. The van der Waals surface area contributed by atoms with E-state index in [2.05, 4.69) is 15.8 Å². The molecule has 2 N–H and O–H groups in total. The number of carbonyl (C=O) groups is 2. The second-order valence-electron chi connectivity index (χ2n) is 6.34. The molecule has 0 radical (unpaired) electrons. The third-order valence-corrected chi connectivity index (χ3v) is 4.36. The fourth-order valence-corrected chi connectivity index (χ4v) is 2.74. The van der Waals surface area contributed by atoms with Gasteiger partial charge in [0.1, 0.15) is 18.1 Å². The summed E-state index contributed by atoms with van der Waals surface area (Å²) in [6.45, 7) is 0.469. The zero-order valence-electron chi connectivity index (χ0n) is 16.7. The maximum absolute atomic E-state index is 12.1. The van der Waals surface area contributed by atoms with E-state index in [0.717, 1.165) is 11.1 Å². The first-order valence-corrected chi connectivity index (χ1v) is 9.67. The Balaban J connectivity index is 1.50. The molecule has 8 heteroatoms. The first kappa shape index (κ1) is 21.9. The molecule has 0 heterocycles. The number of halogens is 1. The van der Waals surface area contributed by atoms with E-state index in [0.29, 0.717) is 23.1 Å². The maximum Gasteiger partial charge on any atom is 0.329 e. The largest absolute Gasteiger partial charge is 0.495 e. The summed E-state index contributed by atoms with van der Waals surface area (Å²) in [6.07, 6.45) is 1.42. The molecular formula is C23H20ClN3O4. The molecule has 3 rings (SSSR count). The van der Waals surface area contributed by atoms with Crippen molar-refractivity contribution < 1.29 is 19.1 Å². The summed E-state index contributed by atoms with van der Waals surface area (Å²) in [5, 5.41) is 6.63. The smallest absolute Gasteiger partial charge is 0.329 e. The molecule has 2 amide bonds. The number of rotatable bonds is 7. The first-order chi connectivity index (χ1) is 15.0. The molecule has 158 valence electrons. The Hall–Kier alpha value is -3.84. The summed E-state index contributed by atoms with van der Waals surface area (Å²) in [4.78, 5) is 24.0. The molecule has 0 aromatic heterocycles. The third kappa shape index (κ3) is 6.58. The molecule has 0 bridgehead atoms. The van der Waals surface area contributed by atoms with Crippen LogP contribution in [-0.2, 0) is 16.2 Å². The molecule has 7 nitrogen and oxygen atoms in total. The van der Waals surface area contributed by atoms with Crippen molar-refractivity contribution in [3.8, 4) is 11.5 Å². The maximum atomic E-state index is 12.1. The van der Waals surface area contributed by atoms with Crippen molar-refractivity contribution in [2.45, 2.75) is 6.61 Å². The Kier molecular flexibility index (Phi) is 7.61. The molecule has 31 heavy (non-hydrogen) atoms. The van der Waals surface area contributed by atoms with Gasteiger partial charge < -0.3 is 14.8 Å². The molecule has 0 aliphatic rings. The Morgan fingerprint density at radius 3 is 2.45 bits per heavy atom. The predicted octanol–water partition coefficient (Wildman–Crippen LogP) is 4.02. The lowest BCUT2D eigenvalue weighted by atomic mass is 10.2. The highest BCUT2D eigenvalue weighted by Gasteiger charge is 2.15. The standard InChI is InChI=1S/C23H20ClN3O4/c1-30-21-12-9-18(24)13-20(21)26-22(28)23(29)27-25-14-16-7-10-19(11-8-16)31-15-17-5-3-2-4-6-17/h2-14H,15H2,1H3,(H,26,28)(H,27,29)/b25-14-. The van der Waals surface area contributed by atoms with Gasteiger partial charge in [0, 0.05) is 5.02 Å². The predicted molar refractivity (Wildman–Crippen MR) is 120 cm³/mol. The van der Waals surface area contributed by atoms with E-state index in [-0.39, 0.29) is 5.69 Å². The van der Waals surface area contributed by atoms with E-state index < -0.39 is 11.8 Å². The lowest BCUT2D eigenvalue weighted by Gasteiger charge is -2.09. The zero-order valence-corrected chi connectivity index (χ0v) is 17.4. The van der Waals surface area contributed by atoms with Gasteiger partial charge in [-0.15, -0.1) is 0 Å². The lowest BCUT2D eigenvalue weighted by Crippen LogP contribution is -2.32. The highest BCUT2D eigenvalue weighted by atomic mass is 35.5. The van der Waals surface area contributed by atoms with Gasteiger partial charge in [0.25, 0.3) is 0 Å². The second-order valence-corrected chi connectivity index (χ2v) is 6.78. The summed E-state index contributed by atoms with van der Waals surface area (Å²) in [5.74, 6) is -0.744. The fourth-order valence-electron chi connectivity index (χ4n) is 2.56. The molecule has 0 atom stereocenters. The number of methoxy groups -OCH3 is 1. The Bertz CT molecular complexity index is 1070. The van der Waals surface area contributed by atoms with E-state index >= 15 is 0 Å². The molecule has 0 unspecified atom stereocenters. The van der Waals surface area contributed by atoms with Crippen LogP contribution in [0.1, 0.15) is 11.1 Å². The van der Waals surface area contributed by atoms with Crippen LogP contribution in [0.25, 0.3) is 0 Å². The molecule has 0 saturated carbocycles. The van der Waals surface area contributed by atoms with Crippen molar-refractivity contribution in [3.63, 3.8) is 0 Å². The summed E-state index contributed by atoms with van der Waals surface area (Å²) >= 11 is 5.91. The summed E-state index contributed by atoms with van der Waals surface area (Å²) in [7, 11) is 1.45. The summed E-state index contributed by atoms with van der Waals surface area (Å²) in [5.41, 5.74) is 4.26. The molecule has 3 aromatic rings. The van der Waals surface area contributed by atoms with E-state index in [1.807, 2.05) is 30.3 Å². The fraction of sp³-hybridized carbons (Fsp3) is 0.0870. The van der Waals surface area contributed by atoms with Gasteiger partial charge in [-0.1, -0.05) is 41.9 Å². The summed E-state index contributed by atoms with van der Waals surface area (Å²) < 4.78 is 10.8. The van der Waals surface area contributed by atoms with Crippen molar-refractivity contribution in [1.82, 2.24) is 5.43 Å². The van der Waals surface area contributed by atoms with Gasteiger partial charge in [-0.05, 0) is 53.6 Å². The molecule has 0 spiro atoms. The van der Waals surface area contributed by atoms with Crippen molar-refractivity contribution in [1.29, 1.82) is 0 Å². The highest BCUT2D eigenvalue weighted by molar-refractivity contribution is 6.40. The number of amides is 2. The Morgan fingerprint density at radius 2 is 1.74 bits per heavy atom. The van der Waals surface area contributed by atoms with Crippen molar-refractivity contribution in [2.75, 3.05) is 12.4 Å². The van der Waals surface area contributed by atoms with Gasteiger partial charge in [0.05, 0.1) is 19.0 Å². The van der Waals surface area contributed by atoms with E-state index in [4.69, 9.17) is 21.1 Å². The van der Waals surface area contributed by atoms with Crippen LogP contribution in [0, 0.1) is 0 Å². The number of hydrazone groups is 1. The van der Waals surface area contributed by atoms with Crippen LogP contribution >= 0.6 is 11.6 Å². The van der Waals surface area contributed by atoms with Crippen molar-refractivity contribution >= 4 is 35.3 Å². The first-order valence-electron chi connectivity index (χ1n) is 9.30. The van der Waals surface area contributed by atoms with Crippen LogP contribution < -0.4 is 20.2 Å². The average molecular weight is 438 g/mol. The van der Waals surface area contributed by atoms with E-state index in [1.54, 1.807) is 36.4 Å². The molecule has 0 saturated heterocycles. The van der Waals surface area contributed by atoms with Crippen LogP contribution in [0.15, 0.2) is 77.9 Å². The minimum absolute atomic E-state index is 0.283. The van der Waals surface area contributed by atoms with Gasteiger partial charge in [-0.2, -0.15) is 5.10 Å². The van der Waals surface area contributed by atoms with Crippen molar-refractivity contribution in [3.05, 3.63) is 88.9 Å². The summed E-state index contributed by atoms with van der Waals surface area (Å²) in [6, 6.07) is 21.7. The molecule has 0 aliphatic heterocycles. The van der Waals surface area contributed by atoms with Crippen LogP contribution in [-0.4, -0.2) is 25.1 Å². The van der Waals surface area contributed by atoms with Gasteiger partial charge in [0.2, 0.25) is 0 Å². The minimum Gasteiger partial charge on any atom is -0.495 e. The van der Waals surface area contributed by atoms with Crippen LogP contribution in [0.5, 0.6) is 11.5 Å². The Labute approximate surface area is 184 Å². The zero-order chi connectivity index (χ0) is 22.1. The molecule has 3 aromatic carbocycles. The highest BCUT2D eigenvalue weighted by Crippen LogP contribution is 2.27. The number of hydrogen-bond donors (Lipinski definition) is 2. The van der Waals surface area contributed by atoms with Crippen LogP contribution in [0.3, 0.4) is 0 Å². The molecule has 0 fully saturated rings. The number of nitrogens with zero attached hydrogens (tertiary/aromatic N) is 1. The van der Waals surface area contributed by atoms with E-state index in [1.165, 1.54) is 19.4 Å². The number of hydrogen-bond acceptors (Lipinski definition) is 5. The van der Waals surface area contributed by atoms with Gasteiger partial charge in [-0.3, -0.25) is 9.59 Å². The second kappa shape index (κ2) is 10.8. The number of benzene rings is 3. The Morgan fingerprint density at radius 1 is 1.00 bits per heavy atom. The van der Waals surface area contributed by atoms with Gasteiger partial charge in [0.15, 0.2) is 0 Å². The number of carbonyl (C=O) groups excluding carboxylic acids is 2. The monoisotopic (exact) mass is 437 g/mol. The lowest BCUT2D eigenvalue weighted by molar-refractivity contribution is -0.136. The van der Waals surface area contributed by atoms with Gasteiger partial charge >= 0.3 is 11.8 Å². The quantitative estimate of drug-likeness (QED) is 0.332. The number of nitrogens with one attached hydrogen (secondary N) is 2. The van der Waals surface area contributed by atoms with Crippen LogP contribution in [0.2, 0.25) is 5.02 Å². The van der Waals surface area contributed by atoms with Crippen molar-refractivity contribution in [2.24, 2.45) is 5.10 Å². The van der Waals surface area contributed by atoms with Gasteiger partial charge in [-0.25, -0.2) is 5.43 Å². The number of ether oxygens (including phenoxy) is 2. The molecular weight excluding hydrogens is 418 g/mol. The minimum atomic E-state index is -0.930. The topological polar surface area (TPSA) is 89.0 Å². The van der Waals surface area contributed by atoms with Crippen LogP contribution in [0.4, 0.5) is 5.69 Å². The average Bonchev–Trinajstić information content (AvgIpc) is 2.79. The normalized spacial score (nSPS) is 10.5. The van der Waals surface area contributed by atoms with E-state index in [9.17, 15) is 9.59 Å².